The van der Waals surface area contributed by atoms with Gasteiger partial charge in [-0.05, 0) is 75.2 Å². The molecule has 0 atom stereocenters. The number of carbonyl (C=O) groups is 3. The van der Waals surface area contributed by atoms with Gasteiger partial charge in [-0.25, -0.2) is 21.6 Å². The first-order chi connectivity index (χ1) is 19.1. The summed E-state index contributed by atoms with van der Waals surface area (Å²) in [7, 11) is -7.17. The van der Waals surface area contributed by atoms with Crippen molar-refractivity contribution in [3.63, 3.8) is 0 Å². The molecule has 1 aliphatic rings. The topological polar surface area (TPSA) is 165 Å². The highest BCUT2D eigenvalue weighted by Gasteiger charge is 2.35. The summed E-state index contributed by atoms with van der Waals surface area (Å²) in [6.07, 6.45) is 1.89. The van der Waals surface area contributed by atoms with E-state index in [-0.39, 0.29) is 59.5 Å². The molecule has 1 saturated heterocycles. The standard InChI is InChI=1S/C27H35N3O9S2/c1-19(31)28-15-18-38-25(32)20-5-9-24(10-6-20)41(36,37)30-16-13-21(14-17-30)29-26(33)27(2,3)39-22-7-11-23(12-8-22)40(4,34)35/h5-12,21H,13-18H2,1-4H3,(H,28,31)(H,29,33). The molecule has 0 unspecified atom stereocenters. The average Bonchev–Trinajstić information content (AvgIpc) is 2.91. The fourth-order valence-corrected chi connectivity index (χ4v) is 6.16. The quantitative estimate of drug-likeness (QED) is 0.284. The second-order valence-electron chi connectivity index (χ2n) is 10.2. The molecule has 41 heavy (non-hydrogen) atoms. The maximum Gasteiger partial charge on any atom is 0.338 e. The molecule has 0 spiro atoms. The van der Waals surface area contributed by atoms with Crippen molar-refractivity contribution in [1.29, 1.82) is 0 Å². The van der Waals surface area contributed by atoms with Gasteiger partial charge in [0.2, 0.25) is 15.9 Å². The predicted octanol–water partition coefficient (Wildman–Crippen LogP) is 1.51. The molecule has 0 aliphatic carbocycles. The van der Waals surface area contributed by atoms with E-state index in [0.717, 1.165) is 6.26 Å². The number of esters is 1. The van der Waals surface area contributed by atoms with Crippen molar-refractivity contribution < 1.29 is 40.7 Å². The van der Waals surface area contributed by atoms with E-state index >= 15 is 0 Å². The van der Waals surface area contributed by atoms with Gasteiger partial charge in [0, 0.05) is 32.3 Å². The molecule has 2 aromatic carbocycles. The summed E-state index contributed by atoms with van der Waals surface area (Å²) in [5.74, 6) is -0.919. The summed E-state index contributed by atoms with van der Waals surface area (Å²) >= 11 is 0. The molecule has 2 N–H and O–H groups in total. The van der Waals surface area contributed by atoms with Crippen molar-refractivity contribution in [3.8, 4) is 5.75 Å². The van der Waals surface area contributed by atoms with E-state index < -0.39 is 31.4 Å². The van der Waals surface area contributed by atoms with Crippen LogP contribution in [-0.2, 0) is 34.2 Å². The van der Waals surface area contributed by atoms with Crippen molar-refractivity contribution in [2.45, 2.75) is 55.0 Å². The van der Waals surface area contributed by atoms with Crippen LogP contribution in [0.25, 0.3) is 0 Å². The number of hydrogen-bond donors (Lipinski definition) is 2. The summed E-state index contributed by atoms with van der Waals surface area (Å²) in [6.45, 7) is 5.08. The zero-order valence-corrected chi connectivity index (χ0v) is 25.0. The highest BCUT2D eigenvalue weighted by Crippen LogP contribution is 2.24. The van der Waals surface area contributed by atoms with Crippen LogP contribution >= 0.6 is 0 Å². The number of nitrogens with one attached hydrogen (secondary N) is 2. The van der Waals surface area contributed by atoms with Gasteiger partial charge < -0.3 is 20.1 Å². The van der Waals surface area contributed by atoms with Crippen LogP contribution in [0.3, 0.4) is 0 Å². The van der Waals surface area contributed by atoms with E-state index in [9.17, 15) is 31.2 Å². The first-order valence-electron chi connectivity index (χ1n) is 12.9. The number of benzene rings is 2. The minimum atomic E-state index is -3.82. The van der Waals surface area contributed by atoms with Crippen molar-refractivity contribution in [2.75, 3.05) is 32.5 Å². The number of sulfonamides is 1. The van der Waals surface area contributed by atoms with Crippen LogP contribution in [0, 0.1) is 0 Å². The molecule has 0 aromatic heterocycles. The lowest BCUT2D eigenvalue weighted by Gasteiger charge is -2.34. The van der Waals surface area contributed by atoms with Crippen molar-refractivity contribution in [3.05, 3.63) is 54.1 Å². The minimum absolute atomic E-state index is 0.00820. The fourth-order valence-electron chi connectivity index (χ4n) is 4.06. The maximum atomic E-state index is 13.1. The van der Waals surface area contributed by atoms with E-state index in [1.165, 1.54) is 59.8 Å². The third-order valence-corrected chi connectivity index (χ3v) is 9.44. The number of amides is 2. The van der Waals surface area contributed by atoms with Gasteiger partial charge >= 0.3 is 5.97 Å². The zero-order valence-electron chi connectivity index (χ0n) is 23.4. The normalized spacial score (nSPS) is 15.1. The second kappa shape index (κ2) is 13.0. The molecule has 224 valence electrons. The Labute approximate surface area is 240 Å². The van der Waals surface area contributed by atoms with Crippen molar-refractivity contribution in [2.24, 2.45) is 0 Å². The summed E-state index contributed by atoms with van der Waals surface area (Å²) < 4.78 is 61.8. The molecular formula is C27H35N3O9S2. The molecule has 14 heteroatoms. The Morgan fingerprint density at radius 1 is 0.927 bits per heavy atom. The van der Waals surface area contributed by atoms with Crippen LogP contribution in [0.4, 0.5) is 0 Å². The second-order valence-corrected chi connectivity index (χ2v) is 14.1. The van der Waals surface area contributed by atoms with Crippen LogP contribution in [0.5, 0.6) is 5.75 Å². The van der Waals surface area contributed by atoms with E-state index in [2.05, 4.69) is 10.6 Å². The van der Waals surface area contributed by atoms with Crippen LogP contribution in [-0.4, -0.2) is 83.1 Å². The monoisotopic (exact) mass is 609 g/mol. The lowest BCUT2D eigenvalue weighted by atomic mass is 10.0. The molecule has 2 aromatic rings. The third-order valence-electron chi connectivity index (χ3n) is 6.40. The summed E-state index contributed by atoms with van der Waals surface area (Å²) in [6, 6.07) is 11.0. The number of hydrogen-bond acceptors (Lipinski definition) is 9. The largest absolute Gasteiger partial charge is 0.478 e. The lowest BCUT2D eigenvalue weighted by molar-refractivity contribution is -0.135. The summed E-state index contributed by atoms with van der Waals surface area (Å²) in [5.41, 5.74) is -1.08. The Hall–Kier alpha value is -3.49. The van der Waals surface area contributed by atoms with Gasteiger partial charge in [0.1, 0.15) is 12.4 Å². The van der Waals surface area contributed by atoms with Gasteiger partial charge in [0.15, 0.2) is 15.4 Å². The van der Waals surface area contributed by atoms with Crippen LogP contribution in [0.15, 0.2) is 58.3 Å². The SMILES string of the molecule is CC(=O)NCCOC(=O)c1ccc(S(=O)(=O)N2CCC(NC(=O)C(C)(C)Oc3ccc(S(C)(=O)=O)cc3)CC2)cc1. The van der Waals surface area contributed by atoms with E-state index in [1.54, 1.807) is 13.8 Å². The Kier molecular flexibility index (Phi) is 10.2. The smallest absolute Gasteiger partial charge is 0.338 e. The van der Waals surface area contributed by atoms with Gasteiger partial charge in [0.25, 0.3) is 5.91 Å². The van der Waals surface area contributed by atoms with Gasteiger partial charge in [-0.2, -0.15) is 4.31 Å². The number of rotatable bonds is 11. The van der Waals surface area contributed by atoms with E-state index in [1.807, 2.05) is 0 Å². The number of nitrogens with zero attached hydrogens (tertiary/aromatic N) is 1. The number of carbonyl (C=O) groups excluding carboxylic acids is 3. The van der Waals surface area contributed by atoms with Crippen LogP contribution < -0.4 is 15.4 Å². The molecule has 0 saturated carbocycles. The highest BCUT2D eigenvalue weighted by atomic mass is 32.2. The summed E-state index contributed by atoms with van der Waals surface area (Å²) in [5, 5.41) is 5.42. The molecule has 1 fully saturated rings. The van der Waals surface area contributed by atoms with Gasteiger partial charge in [-0.15, -0.1) is 0 Å². The fraction of sp³-hybridized carbons (Fsp3) is 0.444. The van der Waals surface area contributed by atoms with Crippen LogP contribution in [0.2, 0.25) is 0 Å². The molecule has 1 aliphatic heterocycles. The average molecular weight is 610 g/mol. The molecular weight excluding hydrogens is 574 g/mol. The Bertz CT molecular complexity index is 1460. The van der Waals surface area contributed by atoms with Crippen molar-refractivity contribution >= 4 is 37.6 Å². The lowest BCUT2D eigenvalue weighted by Crippen LogP contribution is -2.53. The Morgan fingerprint density at radius 3 is 2.02 bits per heavy atom. The number of ether oxygens (including phenoxy) is 2. The molecule has 3 rings (SSSR count). The predicted molar refractivity (Wildman–Crippen MR) is 150 cm³/mol. The van der Waals surface area contributed by atoms with E-state index in [4.69, 9.17) is 9.47 Å². The minimum Gasteiger partial charge on any atom is -0.478 e. The zero-order chi connectivity index (χ0) is 30.4. The number of sulfone groups is 1. The summed E-state index contributed by atoms with van der Waals surface area (Å²) in [4.78, 5) is 36.1. The third kappa shape index (κ3) is 8.75. The molecule has 0 bridgehead atoms. The van der Waals surface area contributed by atoms with Gasteiger partial charge in [-0.3, -0.25) is 9.59 Å². The van der Waals surface area contributed by atoms with Gasteiger partial charge in [-0.1, -0.05) is 0 Å². The highest BCUT2D eigenvalue weighted by molar-refractivity contribution is 7.90. The Balaban J connectivity index is 1.52. The van der Waals surface area contributed by atoms with Crippen molar-refractivity contribution in [1.82, 2.24) is 14.9 Å². The van der Waals surface area contributed by atoms with Crippen LogP contribution in [0.1, 0.15) is 44.0 Å². The molecule has 12 nitrogen and oxygen atoms in total. The maximum absolute atomic E-state index is 13.1. The molecule has 2 amide bonds. The first kappa shape index (κ1) is 32.0. The van der Waals surface area contributed by atoms with Gasteiger partial charge in [0.05, 0.1) is 21.9 Å². The first-order valence-corrected chi connectivity index (χ1v) is 16.2. The molecule has 0 radical (unpaired) electrons. The molecule has 1 heterocycles. The Morgan fingerprint density at radius 2 is 1.49 bits per heavy atom. The number of piperidine rings is 1. The van der Waals surface area contributed by atoms with E-state index in [0.29, 0.717) is 18.6 Å².